The van der Waals surface area contributed by atoms with Crippen LogP contribution in [0.1, 0.15) is 26.7 Å². The van der Waals surface area contributed by atoms with Crippen molar-refractivity contribution in [2.24, 2.45) is 0 Å². The van der Waals surface area contributed by atoms with E-state index in [2.05, 4.69) is 6.92 Å². The summed E-state index contributed by atoms with van der Waals surface area (Å²) in [4.78, 5) is 13.1. The van der Waals surface area contributed by atoms with E-state index in [0.29, 0.717) is 6.42 Å². The maximum absolute atomic E-state index is 11.2. The smallest absolute Gasteiger partial charge is 0.326 e. The molecule has 0 spiro atoms. The molecule has 88 valence electrons. The minimum Gasteiger partial charge on any atom is -0.480 e. The number of hydrogen-bond acceptors (Lipinski definition) is 2. The van der Waals surface area contributed by atoms with Crippen molar-refractivity contribution in [3.05, 3.63) is 30.3 Å². The Morgan fingerprint density at radius 1 is 1.31 bits per heavy atom. The lowest BCUT2D eigenvalue weighted by molar-refractivity contribution is -0.138. The van der Waals surface area contributed by atoms with Crippen molar-refractivity contribution in [1.82, 2.24) is 0 Å². The lowest BCUT2D eigenvalue weighted by Gasteiger charge is -2.30. The first kappa shape index (κ1) is 12.6. The van der Waals surface area contributed by atoms with E-state index in [9.17, 15) is 9.90 Å². The van der Waals surface area contributed by atoms with Gasteiger partial charge in [-0.2, -0.15) is 0 Å². The Hall–Kier alpha value is -1.51. The molecule has 3 heteroatoms. The lowest BCUT2D eigenvalue weighted by atomic mass is 10.1. The lowest BCUT2D eigenvalue weighted by Crippen LogP contribution is -2.41. The number of nitrogens with zero attached hydrogens (tertiary/aromatic N) is 1. The third-order valence-electron chi connectivity index (χ3n) is 2.60. The van der Waals surface area contributed by atoms with Crippen molar-refractivity contribution >= 4 is 11.7 Å². The first-order valence-corrected chi connectivity index (χ1v) is 5.75. The van der Waals surface area contributed by atoms with Gasteiger partial charge < -0.3 is 10.0 Å². The monoisotopic (exact) mass is 221 g/mol. The normalized spacial score (nSPS) is 12.1. The Morgan fingerprint density at radius 3 is 2.38 bits per heavy atom. The van der Waals surface area contributed by atoms with Crippen molar-refractivity contribution in [3.8, 4) is 0 Å². The molecule has 1 N–H and O–H groups in total. The van der Waals surface area contributed by atoms with Gasteiger partial charge in [-0.05, 0) is 25.0 Å². The number of carboxylic acid groups (broad SMARTS) is 1. The Morgan fingerprint density at radius 2 is 1.94 bits per heavy atom. The standard InChI is InChI=1S/C13H19NO2/c1-3-10-14(12(4-2)13(15)16)11-8-6-5-7-9-11/h5-9,12H,3-4,10H2,1-2H3,(H,15,16). The maximum atomic E-state index is 11.2. The molecule has 1 aromatic carbocycles. The topological polar surface area (TPSA) is 40.5 Å². The van der Waals surface area contributed by atoms with Crippen molar-refractivity contribution in [2.75, 3.05) is 11.4 Å². The van der Waals surface area contributed by atoms with E-state index in [4.69, 9.17) is 0 Å². The van der Waals surface area contributed by atoms with E-state index in [0.717, 1.165) is 18.7 Å². The summed E-state index contributed by atoms with van der Waals surface area (Å²) in [5.41, 5.74) is 0.985. The quantitative estimate of drug-likeness (QED) is 0.803. The number of hydrogen-bond donors (Lipinski definition) is 1. The minimum absolute atomic E-state index is 0.428. The third-order valence-corrected chi connectivity index (χ3v) is 2.60. The van der Waals surface area contributed by atoms with E-state index in [1.165, 1.54) is 0 Å². The fourth-order valence-electron chi connectivity index (χ4n) is 1.85. The second-order valence-corrected chi connectivity index (χ2v) is 3.79. The second-order valence-electron chi connectivity index (χ2n) is 3.79. The molecule has 0 aromatic heterocycles. The van der Waals surface area contributed by atoms with E-state index in [-0.39, 0.29) is 0 Å². The van der Waals surface area contributed by atoms with Crippen LogP contribution >= 0.6 is 0 Å². The van der Waals surface area contributed by atoms with Gasteiger partial charge in [0.25, 0.3) is 0 Å². The zero-order valence-corrected chi connectivity index (χ0v) is 9.89. The summed E-state index contributed by atoms with van der Waals surface area (Å²) < 4.78 is 0. The zero-order valence-electron chi connectivity index (χ0n) is 9.89. The van der Waals surface area contributed by atoms with Crippen molar-refractivity contribution in [3.63, 3.8) is 0 Å². The zero-order chi connectivity index (χ0) is 12.0. The highest BCUT2D eigenvalue weighted by Crippen LogP contribution is 2.18. The summed E-state index contributed by atoms with van der Waals surface area (Å²) in [5, 5.41) is 9.19. The Labute approximate surface area is 96.7 Å². The van der Waals surface area contributed by atoms with Gasteiger partial charge in [0.15, 0.2) is 0 Å². The van der Waals surface area contributed by atoms with Crippen LogP contribution in [0.2, 0.25) is 0 Å². The molecule has 1 rings (SSSR count). The number of benzene rings is 1. The summed E-state index contributed by atoms with van der Waals surface area (Å²) in [6.45, 7) is 4.74. The van der Waals surface area contributed by atoms with Gasteiger partial charge in [-0.1, -0.05) is 32.0 Å². The highest BCUT2D eigenvalue weighted by atomic mass is 16.4. The van der Waals surface area contributed by atoms with Crippen LogP contribution in [0.3, 0.4) is 0 Å². The third kappa shape index (κ3) is 2.99. The first-order chi connectivity index (χ1) is 7.70. The Bertz CT molecular complexity index is 324. The van der Waals surface area contributed by atoms with Gasteiger partial charge in [0.05, 0.1) is 0 Å². The van der Waals surface area contributed by atoms with Gasteiger partial charge in [0, 0.05) is 12.2 Å². The highest BCUT2D eigenvalue weighted by Gasteiger charge is 2.22. The first-order valence-electron chi connectivity index (χ1n) is 5.75. The fourth-order valence-corrected chi connectivity index (χ4v) is 1.85. The van der Waals surface area contributed by atoms with Crippen molar-refractivity contribution in [1.29, 1.82) is 0 Å². The highest BCUT2D eigenvalue weighted by molar-refractivity contribution is 5.78. The van der Waals surface area contributed by atoms with Crippen molar-refractivity contribution in [2.45, 2.75) is 32.7 Å². The van der Waals surface area contributed by atoms with Gasteiger partial charge >= 0.3 is 5.97 Å². The molecule has 0 saturated carbocycles. The number of aliphatic carboxylic acids is 1. The summed E-state index contributed by atoms with van der Waals surface area (Å²) in [5.74, 6) is -0.750. The summed E-state index contributed by atoms with van der Waals surface area (Å²) in [6.07, 6.45) is 1.56. The molecular formula is C13H19NO2. The van der Waals surface area contributed by atoms with Crippen molar-refractivity contribution < 1.29 is 9.90 Å². The van der Waals surface area contributed by atoms with Gasteiger partial charge in [-0.15, -0.1) is 0 Å². The number of rotatable bonds is 6. The van der Waals surface area contributed by atoms with E-state index >= 15 is 0 Å². The van der Waals surface area contributed by atoms with Crippen LogP contribution in [0.15, 0.2) is 30.3 Å². The van der Waals surface area contributed by atoms with Gasteiger partial charge in [0.2, 0.25) is 0 Å². The molecule has 0 heterocycles. The molecule has 0 amide bonds. The molecule has 0 fully saturated rings. The van der Waals surface area contributed by atoms with E-state index in [1.807, 2.05) is 42.2 Å². The molecule has 1 aromatic rings. The fraction of sp³-hybridized carbons (Fsp3) is 0.462. The van der Waals surface area contributed by atoms with E-state index in [1.54, 1.807) is 0 Å². The molecule has 16 heavy (non-hydrogen) atoms. The maximum Gasteiger partial charge on any atom is 0.326 e. The molecule has 0 aliphatic rings. The molecule has 0 saturated heterocycles. The average Bonchev–Trinajstić information content (AvgIpc) is 2.29. The molecular weight excluding hydrogens is 202 g/mol. The number of para-hydroxylation sites is 1. The molecule has 0 aliphatic carbocycles. The summed E-state index contributed by atoms with van der Waals surface area (Å²) >= 11 is 0. The van der Waals surface area contributed by atoms with E-state index < -0.39 is 12.0 Å². The SMILES string of the molecule is CCCN(c1ccccc1)C(CC)C(=O)O. The Kier molecular flexibility index (Phi) is 4.83. The van der Waals surface area contributed by atoms with Crippen LogP contribution in [0.5, 0.6) is 0 Å². The Balaban J connectivity index is 2.94. The molecule has 1 atom stereocenters. The largest absolute Gasteiger partial charge is 0.480 e. The summed E-state index contributed by atoms with van der Waals surface area (Å²) in [6, 6.07) is 9.30. The summed E-state index contributed by atoms with van der Waals surface area (Å²) in [7, 11) is 0. The van der Waals surface area contributed by atoms with Gasteiger partial charge in [-0.3, -0.25) is 0 Å². The van der Waals surface area contributed by atoms with Crippen LogP contribution in [0.4, 0.5) is 5.69 Å². The van der Waals surface area contributed by atoms with Crippen LogP contribution in [0, 0.1) is 0 Å². The molecule has 1 unspecified atom stereocenters. The average molecular weight is 221 g/mol. The number of anilines is 1. The van der Waals surface area contributed by atoms with Crippen LogP contribution in [0.25, 0.3) is 0 Å². The van der Waals surface area contributed by atoms with Gasteiger partial charge in [-0.25, -0.2) is 4.79 Å². The second kappa shape index (κ2) is 6.16. The predicted molar refractivity (Wildman–Crippen MR) is 65.8 cm³/mol. The van der Waals surface area contributed by atoms with Gasteiger partial charge in [0.1, 0.15) is 6.04 Å². The molecule has 0 bridgehead atoms. The van der Waals surface area contributed by atoms with Crippen LogP contribution < -0.4 is 4.90 Å². The number of carboxylic acids is 1. The predicted octanol–water partition coefficient (Wildman–Crippen LogP) is 2.77. The minimum atomic E-state index is -0.750. The number of carbonyl (C=O) groups is 1. The molecule has 3 nitrogen and oxygen atoms in total. The molecule has 0 radical (unpaired) electrons. The van der Waals surface area contributed by atoms with Crippen LogP contribution in [-0.2, 0) is 4.79 Å². The molecule has 0 aliphatic heterocycles. The van der Waals surface area contributed by atoms with Crippen LogP contribution in [-0.4, -0.2) is 23.7 Å².